The fraction of sp³-hybridized carbons (Fsp3) is 0.278. The highest BCUT2D eigenvalue weighted by Gasteiger charge is 2.09. The van der Waals surface area contributed by atoms with Crippen LogP contribution >= 0.6 is 11.6 Å². The van der Waals surface area contributed by atoms with Crippen LogP contribution in [0.5, 0.6) is 0 Å². The largest absolute Gasteiger partial charge is 0.388 e. The smallest absolute Gasteiger partial charge is 0.194 e. The van der Waals surface area contributed by atoms with Crippen molar-refractivity contribution in [3.05, 3.63) is 64.7 Å². The van der Waals surface area contributed by atoms with Gasteiger partial charge in [0.25, 0.3) is 0 Å². The van der Waals surface area contributed by atoms with Gasteiger partial charge in [0.1, 0.15) is 5.15 Å². The zero-order valence-electron chi connectivity index (χ0n) is 14.8. The van der Waals surface area contributed by atoms with Crippen molar-refractivity contribution in [2.45, 2.75) is 13.3 Å². The summed E-state index contributed by atoms with van der Waals surface area (Å²) in [7, 11) is 3.57. The van der Waals surface area contributed by atoms with Gasteiger partial charge in [-0.15, -0.1) is 0 Å². The number of nitrogens with zero attached hydrogens (tertiary/aromatic N) is 1. The van der Waals surface area contributed by atoms with Gasteiger partial charge in [-0.25, -0.2) is 18.2 Å². The molecule has 1 aromatic heterocycles. The number of anilines is 1. The van der Waals surface area contributed by atoms with Crippen molar-refractivity contribution in [2.24, 2.45) is 0 Å². The van der Waals surface area contributed by atoms with Crippen LogP contribution in [0.25, 0.3) is 5.70 Å². The molecule has 0 aliphatic rings. The van der Waals surface area contributed by atoms with E-state index in [0.717, 1.165) is 29.8 Å². The van der Waals surface area contributed by atoms with Crippen LogP contribution in [0.3, 0.4) is 0 Å². The zero-order chi connectivity index (χ0) is 19.5. The second kappa shape index (κ2) is 11.4. The predicted molar refractivity (Wildman–Crippen MR) is 100 cm³/mol. The van der Waals surface area contributed by atoms with Crippen LogP contribution in [0.4, 0.5) is 18.9 Å². The van der Waals surface area contributed by atoms with Crippen LogP contribution in [0, 0.1) is 17.5 Å². The third kappa shape index (κ3) is 6.93. The maximum Gasteiger partial charge on any atom is 0.194 e. The lowest BCUT2D eigenvalue weighted by Crippen LogP contribution is -2.17. The Labute approximate surface area is 156 Å². The second-order valence-electron chi connectivity index (χ2n) is 5.10. The molecule has 1 heterocycles. The molecule has 0 saturated heterocycles. The highest BCUT2D eigenvalue weighted by molar-refractivity contribution is 6.29. The van der Waals surface area contributed by atoms with Crippen LogP contribution in [-0.2, 0) is 0 Å². The number of hydrogen-bond acceptors (Lipinski definition) is 4. The van der Waals surface area contributed by atoms with Crippen molar-refractivity contribution in [3.63, 3.8) is 0 Å². The molecule has 0 saturated carbocycles. The van der Waals surface area contributed by atoms with Gasteiger partial charge in [-0.2, -0.15) is 0 Å². The molecule has 2 aromatic rings. The first-order chi connectivity index (χ1) is 12.4. The Kier molecular flexibility index (Phi) is 9.54. The van der Waals surface area contributed by atoms with Gasteiger partial charge in [0.2, 0.25) is 0 Å². The van der Waals surface area contributed by atoms with Crippen molar-refractivity contribution >= 4 is 23.0 Å². The molecule has 3 N–H and O–H groups in total. The number of benzene rings is 1. The van der Waals surface area contributed by atoms with Crippen molar-refractivity contribution in [1.29, 1.82) is 0 Å². The summed E-state index contributed by atoms with van der Waals surface area (Å²) in [4.78, 5) is 3.93. The van der Waals surface area contributed by atoms with E-state index in [2.05, 4.69) is 33.9 Å². The number of halogens is 4. The van der Waals surface area contributed by atoms with Gasteiger partial charge in [-0.05, 0) is 25.6 Å². The first-order valence-electron chi connectivity index (χ1n) is 7.95. The molecule has 1 aromatic carbocycles. The Morgan fingerprint density at radius 2 is 1.81 bits per heavy atom. The summed E-state index contributed by atoms with van der Waals surface area (Å²) >= 11 is 5.78. The molecule has 26 heavy (non-hydrogen) atoms. The average Bonchev–Trinajstić information content (AvgIpc) is 2.62. The van der Waals surface area contributed by atoms with E-state index in [9.17, 15) is 13.2 Å². The maximum absolute atomic E-state index is 12.6. The SMILES string of the molecule is CC/C=C(/NC)c1ccnc(Cl)c1.CNCNc1cc(F)c(F)c(F)c1. The number of aromatic nitrogens is 1. The summed E-state index contributed by atoms with van der Waals surface area (Å²) < 4.78 is 37.6. The van der Waals surface area contributed by atoms with E-state index in [4.69, 9.17) is 11.6 Å². The van der Waals surface area contributed by atoms with Gasteiger partial charge in [-0.1, -0.05) is 24.6 Å². The molecule has 0 aliphatic carbocycles. The zero-order valence-corrected chi connectivity index (χ0v) is 15.6. The fourth-order valence-electron chi connectivity index (χ4n) is 1.99. The summed E-state index contributed by atoms with van der Waals surface area (Å²) in [6, 6.07) is 5.58. The van der Waals surface area contributed by atoms with Crippen LogP contribution in [0.1, 0.15) is 18.9 Å². The molecule has 0 radical (unpaired) electrons. The lowest BCUT2D eigenvalue weighted by molar-refractivity contribution is 0.447. The molecule has 0 aliphatic heterocycles. The lowest BCUT2D eigenvalue weighted by atomic mass is 10.2. The Hall–Kier alpha value is -2.25. The normalized spacial score (nSPS) is 10.8. The summed E-state index contributed by atoms with van der Waals surface area (Å²) in [6.45, 7) is 2.45. The van der Waals surface area contributed by atoms with E-state index in [1.54, 1.807) is 13.2 Å². The number of nitrogens with one attached hydrogen (secondary N) is 3. The Morgan fingerprint density at radius 1 is 1.15 bits per heavy atom. The van der Waals surface area contributed by atoms with E-state index < -0.39 is 17.5 Å². The molecule has 2 rings (SSSR count). The molecular weight excluding hydrogens is 365 g/mol. The standard InChI is InChI=1S/C10H13ClN2.C8H9F3N2/c1-3-4-9(12-2)8-5-6-13-10(11)7-8;1-12-4-13-5-2-6(9)8(11)7(10)3-5/h4-7,12H,3H2,1-2H3;2-3,12-13H,4H2,1H3/b9-4+;. The van der Waals surface area contributed by atoms with Crippen molar-refractivity contribution in [3.8, 4) is 0 Å². The Balaban J connectivity index is 0.000000260. The summed E-state index contributed by atoms with van der Waals surface area (Å²) in [5, 5.41) is 9.01. The maximum atomic E-state index is 12.6. The summed E-state index contributed by atoms with van der Waals surface area (Å²) in [6.07, 6.45) is 4.82. The molecule has 0 amide bonds. The van der Waals surface area contributed by atoms with Gasteiger partial charge in [0.15, 0.2) is 17.5 Å². The van der Waals surface area contributed by atoms with Gasteiger partial charge in [-0.3, -0.25) is 0 Å². The van der Waals surface area contributed by atoms with Gasteiger partial charge in [0, 0.05) is 42.3 Å². The third-order valence-corrected chi connectivity index (χ3v) is 3.37. The number of pyridine rings is 1. The molecule has 0 unspecified atom stereocenters. The monoisotopic (exact) mass is 386 g/mol. The molecule has 8 heteroatoms. The third-order valence-electron chi connectivity index (χ3n) is 3.17. The van der Waals surface area contributed by atoms with E-state index >= 15 is 0 Å². The van der Waals surface area contributed by atoms with Crippen molar-refractivity contribution < 1.29 is 13.2 Å². The molecule has 0 atom stereocenters. The van der Waals surface area contributed by atoms with E-state index in [-0.39, 0.29) is 5.69 Å². The first-order valence-corrected chi connectivity index (χ1v) is 8.33. The van der Waals surface area contributed by atoms with Crippen LogP contribution < -0.4 is 16.0 Å². The molecule has 0 spiro atoms. The predicted octanol–water partition coefficient (Wildman–Crippen LogP) is 4.40. The minimum atomic E-state index is -1.45. The first kappa shape index (κ1) is 21.8. The van der Waals surface area contributed by atoms with Crippen LogP contribution in [-0.4, -0.2) is 25.7 Å². The number of hydrogen-bond donors (Lipinski definition) is 3. The minimum Gasteiger partial charge on any atom is -0.388 e. The molecule has 4 nitrogen and oxygen atoms in total. The lowest BCUT2D eigenvalue weighted by Gasteiger charge is -2.06. The van der Waals surface area contributed by atoms with Crippen molar-refractivity contribution in [1.82, 2.24) is 15.6 Å². The highest BCUT2D eigenvalue weighted by atomic mass is 35.5. The molecule has 0 bridgehead atoms. The quantitative estimate of drug-likeness (QED) is 0.391. The molecular formula is C18H22ClF3N4. The Morgan fingerprint density at radius 3 is 2.31 bits per heavy atom. The average molecular weight is 387 g/mol. The highest BCUT2D eigenvalue weighted by Crippen LogP contribution is 2.17. The van der Waals surface area contributed by atoms with Gasteiger partial charge in [0.05, 0.1) is 6.67 Å². The molecule has 0 fully saturated rings. The van der Waals surface area contributed by atoms with E-state index in [1.807, 2.05) is 19.2 Å². The fourth-order valence-corrected chi connectivity index (χ4v) is 2.16. The van der Waals surface area contributed by atoms with Crippen molar-refractivity contribution in [2.75, 3.05) is 26.1 Å². The van der Waals surface area contributed by atoms with E-state index in [1.165, 1.54) is 0 Å². The number of rotatable bonds is 6. The second-order valence-corrected chi connectivity index (χ2v) is 5.49. The van der Waals surface area contributed by atoms with Crippen LogP contribution in [0.2, 0.25) is 5.15 Å². The van der Waals surface area contributed by atoms with Gasteiger partial charge >= 0.3 is 0 Å². The van der Waals surface area contributed by atoms with Gasteiger partial charge < -0.3 is 16.0 Å². The topological polar surface area (TPSA) is 49.0 Å². The number of allylic oxidation sites excluding steroid dienone is 1. The van der Waals surface area contributed by atoms with Crippen LogP contribution in [0.15, 0.2) is 36.5 Å². The van der Waals surface area contributed by atoms with E-state index in [0.29, 0.717) is 11.8 Å². The summed E-state index contributed by atoms with van der Waals surface area (Å²) in [5.41, 5.74) is 2.36. The summed E-state index contributed by atoms with van der Waals surface area (Å²) in [5.74, 6) is -3.84. The minimum absolute atomic E-state index is 0.200. The molecule has 142 valence electrons. The Bertz CT molecular complexity index is 715.